The van der Waals surface area contributed by atoms with Crippen molar-refractivity contribution in [3.05, 3.63) is 15.6 Å². The third-order valence-electron chi connectivity index (χ3n) is 3.44. The van der Waals surface area contributed by atoms with Crippen LogP contribution in [0.1, 0.15) is 35.0 Å². The second kappa shape index (κ2) is 5.98. The molecule has 1 aromatic rings. The van der Waals surface area contributed by atoms with Crippen LogP contribution < -0.4 is 0 Å². The molecule has 1 N–H and O–H groups in total. The molecule has 0 saturated carbocycles. The Bertz CT molecular complexity index is 461. The highest BCUT2D eigenvalue weighted by Crippen LogP contribution is 2.30. The van der Waals surface area contributed by atoms with Crippen molar-refractivity contribution < 1.29 is 14.6 Å². The van der Waals surface area contributed by atoms with Crippen molar-refractivity contribution in [3.63, 3.8) is 0 Å². The van der Waals surface area contributed by atoms with E-state index in [1.165, 1.54) is 4.88 Å². The van der Waals surface area contributed by atoms with Gasteiger partial charge in [-0.15, -0.1) is 11.3 Å². The van der Waals surface area contributed by atoms with Crippen LogP contribution in [0.3, 0.4) is 0 Å². The van der Waals surface area contributed by atoms with Crippen molar-refractivity contribution in [3.8, 4) is 0 Å². The average Bonchev–Trinajstić information content (AvgIpc) is 2.67. The Balaban J connectivity index is 2.04. The predicted molar refractivity (Wildman–Crippen MR) is 73.6 cm³/mol. The van der Waals surface area contributed by atoms with E-state index in [-0.39, 0.29) is 18.6 Å². The van der Waals surface area contributed by atoms with Crippen LogP contribution >= 0.6 is 11.3 Å². The number of morpholine rings is 1. The molecule has 1 aliphatic rings. The van der Waals surface area contributed by atoms with Gasteiger partial charge in [0.25, 0.3) is 0 Å². The van der Waals surface area contributed by atoms with Gasteiger partial charge in [0.1, 0.15) is 0 Å². The zero-order valence-electron chi connectivity index (χ0n) is 11.5. The molecule has 1 aromatic heterocycles. The number of hydrogen-bond acceptors (Lipinski definition) is 5. The zero-order chi connectivity index (χ0) is 14.0. The van der Waals surface area contributed by atoms with E-state index in [4.69, 9.17) is 9.84 Å². The van der Waals surface area contributed by atoms with E-state index in [2.05, 4.69) is 16.8 Å². The van der Waals surface area contributed by atoms with Crippen molar-refractivity contribution >= 4 is 17.3 Å². The van der Waals surface area contributed by atoms with Crippen LogP contribution in [-0.2, 0) is 9.53 Å². The lowest BCUT2D eigenvalue weighted by molar-refractivity contribution is -0.142. The number of thiazole rings is 1. The van der Waals surface area contributed by atoms with Crippen molar-refractivity contribution in [1.82, 2.24) is 9.88 Å². The number of aromatic nitrogens is 1. The van der Waals surface area contributed by atoms with Crippen molar-refractivity contribution in [2.24, 2.45) is 0 Å². The minimum absolute atomic E-state index is 0.0733. The second-order valence-electron chi connectivity index (χ2n) is 4.94. The molecule has 0 bridgehead atoms. The summed E-state index contributed by atoms with van der Waals surface area (Å²) in [6.07, 6.45) is -0.132. The number of ether oxygens (including phenoxy) is 1. The van der Waals surface area contributed by atoms with E-state index in [1.54, 1.807) is 11.3 Å². The van der Waals surface area contributed by atoms with Crippen LogP contribution in [0.2, 0.25) is 0 Å². The first-order valence-corrected chi connectivity index (χ1v) is 7.30. The Morgan fingerprint density at radius 1 is 1.63 bits per heavy atom. The maximum Gasteiger partial charge on any atom is 0.306 e. The van der Waals surface area contributed by atoms with Gasteiger partial charge in [-0.2, -0.15) is 0 Å². The standard InChI is InChI=1S/C13H20N2O3S/c1-8-13(19-10(3)14-8)9(2)15-4-5-18-11(7-15)6-12(16)17/h9,11H,4-7H2,1-3H3,(H,16,17). The van der Waals surface area contributed by atoms with Gasteiger partial charge in [-0.25, -0.2) is 4.98 Å². The number of rotatable bonds is 4. The average molecular weight is 284 g/mol. The fourth-order valence-electron chi connectivity index (χ4n) is 2.51. The number of carbonyl (C=O) groups is 1. The fourth-order valence-corrected chi connectivity index (χ4v) is 3.53. The molecule has 6 heteroatoms. The molecule has 0 amide bonds. The van der Waals surface area contributed by atoms with Gasteiger partial charge in [-0.1, -0.05) is 0 Å². The van der Waals surface area contributed by atoms with Gasteiger partial charge in [0.05, 0.1) is 29.8 Å². The highest BCUT2D eigenvalue weighted by Gasteiger charge is 2.28. The van der Waals surface area contributed by atoms with Crippen molar-refractivity contribution in [1.29, 1.82) is 0 Å². The smallest absolute Gasteiger partial charge is 0.306 e. The molecule has 2 heterocycles. The highest BCUT2D eigenvalue weighted by molar-refractivity contribution is 7.11. The Morgan fingerprint density at radius 2 is 2.37 bits per heavy atom. The largest absolute Gasteiger partial charge is 0.481 e. The summed E-state index contributed by atoms with van der Waals surface area (Å²) in [6.45, 7) is 8.31. The van der Waals surface area contributed by atoms with Gasteiger partial charge in [0, 0.05) is 24.0 Å². The molecular formula is C13H20N2O3S. The summed E-state index contributed by atoms with van der Waals surface area (Å²) in [5.41, 5.74) is 1.08. The molecular weight excluding hydrogens is 264 g/mol. The van der Waals surface area contributed by atoms with E-state index in [0.29, 0.717) is 13.2 Å². The molecule has 5 nitrogen and oxygen atoms in total. The zero-order valence-corrected chi connectivity index (χ0v) is 12.4. The quantitative estimate of drug-likeness (QED) is 0.916. The Morgan fingerprint density at radius 3 is 2.95 bits per heavy atom. The number of carboxylic acids is 1. The normalized spacial score (nSPS) is 22.4. The lowest BCUT2D eigenvalue weighted by Crippen LogP contribution is -2.44. The van der Waals surface area contributed by atoms with Crippen LogP contribution in [0.5, 0.6) is 0 Å². The third-order valence-corrected chi connectivity index (χ3v) is 4.68. The summed E-state index contributed by atoms with van der Waals surface area (Å²) in [7, 11) is 0. The second-order valence-corrected chi connectivity index (χ2v) is 6.18. The summed E-state index contributed by atoms with van der Waals surface area (Å²) >= 11 is 1.72. The first-order valence-electron chi connectivity index (χ1n) is 6.48. The van der Waals surface area contributed by atoms with Gasteiger partial charge in [0.15, 0.2) is 0 Å². The van der Waals surface area contributed by atoms with Crippen molar-refractivity contribution in [2.45, 2.75) is 39.3 Å². The van der Waals surface area contributed by atoms with Gasteiger partial charge < -0.3 is 9.84 Å². The summed E-state index contributed by atoms with van der Waals surface area (Å²) in [5, 5.41) is 9.93. The van der Waals surface area contributed by atoms with Crippen molar-refractivity contribution in [2.75, 3.05) is 19.7 Å². The molecule has 2 atom stereocenters. The highest BCUT2D eigenvalue weighted by atomic mass is 32.1. The van der Waals surface area contributed by atoms with E-state index >= 15 is 0 Å². The third kappa shape index (κ3) is 3.52. The van der Waals surface area contributed by atoms with E-state index in [9.17, 15) is 4.79 Å². The topological polar surface area (TPSA) is 62.7 Å². The molecule has 0 aromatic carbocycles. The SMILES string of the molecule is Cc1nc(C)c(C(C)N2CCOC(CC(=O)O)C2)s1. The molecule has 0 aliphatic carbocycles. The first kappa shape index (κ1) is 14.4. The number of hydrogen-bond donors (Lipinski definition) is 1. The van der Waals surface area contributed by atoms with Gasteiger partial charge in [-0.3, -0.25) is 9.69 Å². The van der Waals surface area contributed by atoms with Crippen LogP contribution in [0.15, 0.2) is 0 Å². The Kier molecular flexibility index (Phi) is 4.54. The summed E-state index contributed by atoms with van der Waals surface area (Å²) in [4.78, 5) is 18.8. The molecule has 1 aliphatic heterocycles. The predicted octanol–water partition coefficient (Wildman–Crippen LogP) is 2.00. The van der Waals surface area contributed by atoms with Crippen LogP contribution in [0, 0.1) is 13.8 Å². The lowest BCUT2D eigenvalue weighted by Gasteiger charge is -2.36. The van der Waals surface area contributed by atoms with Crippen LogP contribution in [0.4, 0.5) is 0 Å². The van der Waals surface area contributed by atoms with E-state index in [0.717, 1.165) is 17.2 Å². The Labute approximate surface area is 117 Å². The lowest BCUT2D eigenvalue weighted by atomic mass is 10.1. The molecule has 106 valence electrons. The molecule has 2 rings (SSSR count). The van der Waals surface area contributed by atoms with Gasteiger partial charge in [0.2, 0.25) is 0 Å². The maximum absolute atomic E-state index is 10.8. The first-order chi connectivity index (χ1) is 8.97. The van der Waals surface area contributed by atoms with Gasteiger partial charge in [-0.05, 0) is 20.8 Å². The number of aryl methyl sites for hydroxylation is 2. The fraction of sp³-hybridized carbons (Fsp3) is 0.692. The molecule has 0 radical (unpaired) electrons. The van der Waals surface area contributed by atoms with Crippen LogP contribution in [-0.4, -0.2) is 46.8 Å². The van der Waals surface area contributed by atoms with Crippen LogP contribution in [0.25, 0.3) is 0 Å². The summed E-state index contributed by atoms with van der Waals surface area (Å²) < 4.78 is 5.51. The maximum atomic E-state index is 10.8. The minimum Gasteiger partial charge on any atom is -0.481 e. The molecule has 2 unspecified atom stereocenters. The summed E-state index contributed by atoms with van der Waals surface area (Å²) in [5.74, 6) is -0.802. The van der Waals surface area contributed by atoms with Gasteiger partial charge >= 0.3 is 5.97 Å². The molecule has 19 heavy (non-hydrogen) atoms. The molecule has 0 spiro atoms. The minimum atomic E-state index is -0.802. The van der Waals surface area contributed by atoms with E-state index in [1.807, 2.05) is 13.8 Å². The number of carboxylic acid groups (broad SMARTS) is 1. The van der Waals surface area contributed by atoms with E-state index < -0.39 is 5.97 Å². The Hall–Kier alpha value is -0.980. The summed E-state index contributed by atoms with van der Waals surface area (Å²) in [6, 6.07) is 0.270. The number of aliphatic carboxylic acids is 1. The number of nitrogens with zero attached hydrogens (tertiary/aromatic N) is 2. The monoisotopic (exact) mass is 284 g/mol. The molecule has 1 fully saturated rings. The molecule has 1 saturated heterocycles.